The Morgan fingerprint density at radius 1 is 1.17 bits per heavy atom. The predicted molar refractivity (Wildman–Crippen MR) is 136 cm³/mol. The van der Waals surface area contributed by atoms with E-state index < -0.39 is 6.04 Å². The summed E-state index contributed by atoms with van der Waals surface area (Å²) in [5, 5.41) is 6.03. The van der Waals surface area contributed by atoms with Crippen LogP contribution in [-0.4, -0.2) is 59.9 Å². The molecule has 192 valence electrons. The number of piperidine rings is 2. The van der Waals surface area contributed by atoms with Crippen molar-refractivity contribution in [3.05, 3.63) is 59.9 Å². The van der Waals surface area contributed by atoms with Crippen molar-refractivity contribution >= 4 is 17.7 Å². The van der Waals surface area contributed by atoms with Crippen LogP contribution in [0.3, 0.4) is 0 Å². The average molecular weight is 493 g/mol. The fraction of sp³-hybridized carbons (Fsp3) is 0.500. The average Bonchev–Trinajstić information content (AvgIpc) is 2.93. The summed E-state index contributed by atoms with van der Waals surface area (Å²) in [6, 6.07) is 10.2. The fourth-order valence-corrected chi connectivity index (χ4v) is 5.48. The van der Waals surface area contributed by atoms with Gasteiger partial charge in [-0.2, -0.15) is 0 Å². The molecule has 3 heterocycles. The zero-order valence-electron chi connectivity index (χ0n) is 21.1. The van der Waals surface area contributed by atoms with Crippen molar-refractivity contribution in [2.75, 3.05) is 20.2 Å². The summed E-state index contributed by atoms with van der Waals surface area (Å²) in [5.41, 5.74) is 1.53. The highest BCUT2D eigenvalue weighted by atomic mass is 16.5. The largest absolute Gasteiger partial charge is 0.495 e. The van der Waals surface area contributed by atoms with Gasteiger partial charge in [-0.05, 0) is 61.8 Å². The predicted octanol–water partition coefficient (Wildman–Crippen LogP) is 2.97. The normalized spacial score (nSPS) is 21.5. The molecule has 1 saturated carbocycles. The molecule has 4 atom stereocenters. The number of hydrogen-bond acceptors (Lipinski definition) is 5. The van der Waals surface area contributed by atoms with E-state index in [4.69, 9.17) is 4.74 Å². The van der Waals surface area contributed by atoms with E-state index in [2.05, 4.69) is 15.6 Å². The van der Waals surface area contributed by atoms with Crippen LogP contribution in [-0.2, 0) is 16.0 Å². The Labute approximate surface area is 212 Å². The van der Waals surface area contributed by atoms with Crippen LogP contribution < -0.4 is 15.4 Å². The summed E-state index contributed by atoms with van der Waals surface area (Å²) in [7, 11) is 1.60. The van der Waals surface area contributed by atoms with Crippen molar-refractivity contribution < 1.29 is 19.1 Å². The van der Waals surface area contributed by atoms with E-state index in [1.807, 2.05) is 36.1 Å². The van der Waals surface area contributed by atoms with Crippen LogP contribution in [0.4, 0.5) is 0 Å². The topological polar surface area (TPSA) is 101 Å². The zero-order chi connectivity index (χ0) is 25.5. The first kappa shape index (κ1) is 25.7. The van der Waals surface area contributed by atoms with Crippen LogP contribution >= 0.6 is 0 Å². The van der Waals surface area contributed by atoms with Gasteiger partial charge in [-0.3, -0.25) is 19.4 Å². The summed E-state index contributed by atoms with van der Waals surface area (Å²) in [5.74, 6) is 0.458. The minimum Gasteiger partial charge on any atom is -0.495 e. The van der Waals surface area contributed by atoms with E-state index in [1.54, 1.807) is 31.6 Å². The standard InChI is InChI=1S/C28H36N4O4/c1-3-7-24(31-26(33)21-8-5-4-6-9-21)28(35)32-18-20-10-11-25(32)23(15-20)27(34)30-13-12-19-14-22(36-2)17-29-16-19/h4-6,8-9,14,16-17,20,23-25H,3,7,10-13,15,18H2,1-2H3,(H,30,34)(H,31,33)/t20-,23-,24-,25-/m0/s1. The molecule has 1 aromatic carbocycles. The number of ether oxygens (including phenoxy) is 1. The maximum atomic E-state index is 13.6. The van der Waals surface area contributed by atoms with Crippen LogP contribution in [0, 0.1) is 11.8 Å². The van der Waals surface area contributed by atoms with Gasteiger partial charge in [0.15, 0.2) is 0 Å². The van der Waals surface area contributed by atoms with E-state index >= 15 is 0 Å². The zero-order valence-corrected chi connectivity index (χ0v) is 21.1. The van der Waals surface area contributed by atoms with Crippen LogP contribution in [0.2, 0.25) is 0 Å². The number of rotatable bonds is 10. The number of carbonyl (C=O) groups is 3. The first-order valence-corrected chi connectivity index (χ1v) is 12.9. The number of nitrogens with one attached hydrogen (secondary N) is 2. The Kier molecular flexibility index (Phi) is 8.57. The third kappa shape index (κ3) is 6.04. The van der Waals surface area contributed by atoms with Gasteiger partial charge in [-0.1, -0.05) is 31.5 Å². The number of fused-ring (bicyclic) bond motifs is 3. The summed E-state index contributed by atoms with van der Waals surface area (Å²) < 4.78 is 5.22. The molecule has 3 amide bonds. The van der Waals surface area contributed by atoms with Crippen LogP contribution in [0.5, 0.6) is 5.75 Å². The molecule has 5 rings (SSSR count). The molecular weight excluding hydrogens is 456 g/mol. The molecule has 2 N–H and O–H groups in total. The van der Waals surface area contributed by atoms with E-state index in [-0.39, 0.29) is 29.7 Å². The highest BCUT2D eigenvalue weighted by Gasteiger charge is 2.46. The minimum absolute atomic E-state index is 0.00146. The summed E-state index contributed by atoms with van der Waals surface area (Å²) >= 11 is 0. The maximum Gasteiger partial charge on any atom is 0.251 e. The lowest BCUT2D eigenvalue weighted by molar-refractivity contribution is -0.148. The Balaban J connectivity index is 1.38. The van der Waals surface area contributed by atoms with Gasteiger partial charge in [0.1, 0.15) is 11.8 Å². The third-order valence-corrected chi connectivity index (χ3v) is 7.33. The second-order valence-electron chi connectivity index (χ2n) is 9.80. The van der Waals surface area contributed by atoms with Crippen LogP contribution in [0.1, 0.15) is 54.9 Å². The third-order valence-electron chi connectivity index (χ3n) is 7.33. The lowest BCUT2D eigenvalue weighted by Crippen LogP contribution is -2.62. The number of methoxy groups -OCH3 is 1. The molecule has 3 fully saturated rings. The second kappa shape index (κ2) is 12.0. The molecule has 1 aromatic heterocycles. The highest BCUT2D eigenvalue weighted by Crippen LogP contribution is 2.39. The fourth-order valence-electron chi connectivity index (χ4n) is 5.48. The molecule has 1 aliphatic carbocycles. The Bertz CT molecular complexity index is 1060. The van der Waals surface area contributed by atoms with Gasteiger partial charge in [-0.25, -0.2) is 0 Å². The molecular formula is C28H36N4O4. The Morgan fingerprint density at radius 3 is 2.69 bits per heavy atom. The van der Waals surface area contributed by atoms with Gasteiger partial charge in [-0.15, -0.1) is 0 Å². The number of benzene rings is 1. The molecule has 0 unspecified atom stereocenters. The molecule has 0 radical (unpaired) electrons. The van der Waals surface area contributed by atoms with Gasteiger partial charge in [0.25, 0.3) is 5.91 Å². The monoisotopic (exact) mass is 492 g/mol. The van der Waals surface area contributed by atoms with Crippen molar-refractivity contribution in [3.8, 4) is 5.75 Å². The van der Waals surface area contributed by atoms with Gasteiger partial charge in [0.05, 0.1) is 19.2 Å². The smallest absolute Gasteiger partial charge is 0.251 e. The van der Waals surface area contributed by atoms with Gasteiger partial charge in [0.2, 0.25) is 11.8 Å². The molecule has 2 aromatic rings. The number of aromatic nitrogens is 1. The summed E-state index contributed by atoms with van der Waals surface area (Å²) in [4.78, 5) is 45.6. The summed E-state index contributed by atoms with van der Waals surface area (Å²) in [6.07, 6.45) is 8.07. The van der Waals surface area contributed by atoms with Gasteiger partial charge >= 0.3 is 0 Å². The molecule has 3 aliphatic rings. The van der Waals surface area contributed by atoms with Crippen molar-refractivity contribution in [1.29, 1.82) is 0 Å². The quantitative estimate of drug-likeness (QED) is 0.531. The maximum absolute atomic E-state index is 13.6. The van der Waals surface area contributed by atoms with Gasteiger partial charge in [0, 0.05) is 30.9 Å². The molecule has 8 heteroatoms. The SMILES string of the molecule is CCC[C@H](NC(=O)c1ccccc1)C(=O)N1C[C@H]2CC[C@H]1[C@@H](C(=O)NCCc1cncc(OC)c1)C2. The molecule has 2 aliphatic heterocycles. The molecule has 8 nitrogen and oxygen atoms in total. The molecule has 2 saturated heterocycles. The number of carbonyl (C=O) groups excluding carboxylic acids is 3. The van der Waals surface area contributed by atoms with E-state index in [9.17, 15) is 14.4 Å². The van der Waals surface area contributed by atoms with Gasteiger partial charge < -0.3 is 20.3 Å². The second-order valence-corrected chi connectivity index (χ2v) is 9.80. The van der Waals surface area contributed by atoms with Crippen LogP contribution in [0.15, 0.2) is 48.8 Å². The molecule has 2 bridgehead atoms. The highest BCUT2D eigenvalue weighted by molar-refractivity contribution is 5.97. The van der Waals surface area contributed by atoms with E-state index in [1.165, 1.54) is 0 Å². The van der Waals surface area contributed by atoms with Crippen molar-refractivity contribution in [3.63, 3.8) is 0 Å². The van der Waals surface area contributed by atoms with E-state index in [0.717, 1.165) is 31.2 Å². The van der Waals surface area contributed by atoms with Crippen LogP contribution in [0.25, 0.3) is 0 Å². The Hall–Kier alpha value is -3.42. The van der Waals surface area contributed by atoms with Crippen molar-refractivity contribution in [1.82, 2.24) is 20.5 Å². The van der Waals surface area contributed by atoms with Crippen molar-refractivity contribution in [2.24, 2.45) is 11.8 Å². The lowest BCUT2D eigenvalue weighted by Gasteiger charge is -2.50. The lowest BCUT2D eigenvalue weighted by atomic mass is 9.72. The molecule has 0 spiro atoms. The number of nitrogens with zero attached hydrogens (tertiary/aromatic N) is 2. The minimum atomic E-state index is -0.591. The van der Waals surface area contributed by atoms with E-state index in [0.29, 0.717) is 43.2 Å². The first-order valence-electron chi connectivity index (χ1n) is 12.9. The number of hydrogen-bond donors (Lipinski definition) is 2. The number of amides is 3. The Morgan fingerprint density at radius 2 is 1.97 bits per heavy atom. The first-order chi connectivity index (χ1) is 17.5. The number of pyridine rings is 1. The van der Waals surface area contributed by atoms with Crippen molar-refractivity contribution in [2.45, 2.75) is 57.5 Å². The summed E-state index contributed by atoms with van der Waals surface area (Å²) in [6.45, 7) is 3.16. The molecule has 36 heavy (non-hydrogen) atoms.